The normalized spacial score (nSPS) is 12.9. The van der Waals surface area contributed by atoms with Gasteiger partial charge in [-0.05, 0) is 58.4 Å². The van der Waals surface area contributed by atoms with Crippen molar-refractivity contribution in [2.45, 2.75) is 25.5 Å². The first kappa shape index (κ1) is 23.7. The van der Waals surface area contributed by atoms with Crippen molar-refractivity contribution in [2.24, 2.45) is 5.73 Å². The molecule has 0 spiro atoms. The molecule has 0 bridgehead atoms. The number of esters is 1. The number of phosphoric acid groups is 1. The highest BCUT2D eigenvalue weighted by molar-refractivity contribution is 7.46. The van der Waals surface area contributed by atoms with Crippen LogP contribution in [0.3, 0.4) is 0 Å². The maximum absolute atomic E-state index is 12.2. The van der Waals surface area contributed by atoms with Crippen LogP contribution in [-0.4, -0.2) is 28.0 Å². The van der Waals surface area contributed by atoms with Gasteiger partial charge in [0.05, 0.1) is 0 Å². The number of hydrogen-bond acceptors (Lipinski definition) is 7. The van der Waals surface area contributed by atoms with Crippen LogP contribution in [0, 0.1) is 0 Å². The molecule has 176 valence electrons. The van der Waals surface area contributed by atoms with E-state index >= 15 is 0 Å². The molecule has 0 radical (unpaired) electrons. The largest absolute Gasteiger partial charge is 0.524 e. The van der Waals surface area contributed by atoms with Crippen molar-refractivity contribution < 1.29 is 37.9 Å². The Hall–Kier alpha value is -3.49. The molecular formula is C24H22NO8P. The Morgan fingerprint density at radius 1 is 0.971 bits per heavy atom. The zero-order chi connectivity index (χ0) is 24.3. The van der Waals surface area contributed by atoms with Crippen molar-refractivity contribution in [1.29, 1.82) is 0 Å². The molecule has 0 aliphatic heterocycles. The molecule has 4 N–H and O–H groups in total. The molecule has 9 nitrogen and oxygen atoms in total. The molecule has 0 saturated heterocycles. The molecule has 10 heteroatoms. The topological polar surface area (TPSA) is 145 Å². The third-order valence-corrected chi connectivity index (χ3v) is 5.83. The fraction of sp³-hybridized carbons (Fsp3) is 0.167. The highest BCUT2D eigenvalue weighted by atomic mass is 31.2. The van der Waals surface area contributed by atoms with Crippen LogP contribution in [0.1, 0.15) is 22.3 Å². The summed E-state index contributed by atoms with van der Waals surface area (Å²) in [6, 6.07) is 18.4. The zero-order valence-corrected chi connectivity index (χ0v) is 18.8. The lowest BCUT2D eigenvalue weighted by atomic mass is 10.0. The van der Waals surface area contributed by atoms with Crippen LogP contribution in [0.5, 0.6) is 5.75 Å². The summed E-state index contributed by atoms with van der Waals surface area (Å²) >= 11 is 0. The van der Waals surface area contributed by atoms with Crippen LogP contribution in [0.4, 0.5) is 4.79 Å². The minimum absolute atomic E-state index is 0.0345. The van der Waals surface area contributed by atoms with Crippen LogP contribution >= 0.6 is 7.82 Å². The highest BCUT2D eigenvalue weighted by Gasteiger charge is 2.23. The van der Waals surface area contributed by atoms with Crippen LogP contribution in [0.2, 0.25) is 0 Å². The number of carbonyl (C=O) groups is 2. The smallest absolute Gasteiger partial charge is 0.429 e. The van der Waals surface area contributed by atoms with Crippen molar-refractivity contribution in [2.75, 3.05) is 0 Å². The Kier molecular flexibility index (Phi) is 6.81. The summed E-state index contributed by atoms with van der Waals surface area (Å²) in [5.41, 5.74) is 11.8. The molecule has 0 saturated carbocycles. The molecule has 34 heavy (non-hydrogen) atoms. The molecule has 0 heterocycles. The minimum Gasteiger partial charge on any atom is -0.429 e. The van der Waals surface area contributed by atoms with Crippen LogP contribution in [0.15, 0.2) is 66.7 Å². The van der Waals surface area contributed by atoms with Crippen molar-refractivity contribution in [3.05, 3.63) is 89.0 Å². The van der Waals surface area contributed by atoms with Crippen LogP contribution in [-0.2, 0) is 38.3 Å². The van der Waals surface area contributed by atoms with Gasteiger partial charge in [0, 0.05) is 0 Å². The summed E-state index contributed by atoms with van der Waals surface area (Å²) in [6.45, 7) is -0.0421. The first-order valence-electron chi connectivity index (χ1n) is 10.4. The third-order valence-electron chi connectivity index (χ3n) is 5.38. The van der Waals surface area contributed by atoms with E-state index < -0.39 is 26.0 Å². The Morgan fingerprint density at radius 2 is 1.68 bits per heavy atom. The van der Waals surface area contributed by atoms with E-state index in [1.165, 1.54) is 29.8 Å². The van der Waals surface area contributed by atoms with Gasteiger partial charge < -0.3 is 19.7 Å². The number of fused-ring (bicyclic) bond motifs is 3. The Labute approximate surface area is 195 Å². The molecular weight excluding hydrogens is 461 g/mol. The fourth-order valence-electron chi connectivity index (χ4n) is 3.84. The van der Waals surface area contributed by atoms with Gasteiger partial charge in [-0.2, -0.15) is 0 Å². The van der Waals surface area contributed by atoms with Gasteiger partial charge in [0.2, 0.25) is 0 Å². The maximum atomic E-state index is 12.2. The molecule has 0 unspecified atom stereocenters. The summed E-state index contributed by atoms with van der Waals surface area (Å²) in [7, 11) is -4.66. The number of phosphoric ester groups is 1. The first-order chi connectivity index (χ1) is 16.2. The highest BCUT2D eigenvalue weighted by Crippen LogP contribution is 2.38. The van der Waals surface area contributed by atoms with Crippen LogP contribution < -0.4 is 10.3 Å². The summed E-state index contributed by atoms with van der Waals surface area (Å²) in [4.78, 5) is 41.9. The lowest BCUT2D eigenvalue weighted by Crippen LogP contribution is -2.35. The van der Waals surface area contributed by atoms with E-state index in [0.29, 0.717) is 5.56 Å². The lowest BCUT2D eigenvalue weighted by Gasteiger charge is -2.12. The minimum atomic E-state index is -4.66. The summed E-state index contributed by atoms with van der Waals surface area (Å²) in [6.07, 6.45) is -0.367. The molecule has 3 aromatic carbocycles. The van der Waals surface area contributed by atoms with Gasteiger partial charge in [-0.15, -0.1) is 0 Å². The summed E-state index contributed by atoms with van der Waals surface area (Å²) in [5.74, 6) is -0.987. The van der Waals surface area contributed by atoms with Crippen LogP contribution in [0.25, 0.3) is 11.1 Å². The summed E-state index contributed by atoms with van der Waals surface area (Å²) < 4.78 is 25.2. The number of ether oxygens (including phenoxy) is 2. The molecule has 4 rings (SSSR count). The maximum Gasteiger partial charge on any atom is 0.524 e. The standard InChI is InChI=1S/C24H22NO8P/c25-22(12-15-8-10-18(11-9-15)33-34(28,29)30)23(26)32-24(27)31-14-17-5-3-7-20-19-6-2-1-4-16(19)13-21(17)20/h1-11,22H,12-14,25H2,(H2,28,29,30)/t22-/m0/s1. The Bertz CT molecular complexity index is 1270. The van der Waals surface area contributed by atoms with E-state index in [2.05, 4.69) is 16.7 Å². The average Bonchev–Trinajstić information content (AvgIpc) is 3.17. The molecule has 0 fully saturated rings. The first-order valence-corrected chi connectivity index (χ1v) is 11.9. The molecule has 3 aromatic rings. The predicted molar refractivity (Wildman–Crippen MR) is 122 cm³/mol. The molecule has 1 aliphatic carbocycles. The molecule has 0 amide bonds. The average molecular weight is 483 g/mol. The van der Waals surface area contributed by atoms with Gasteiger partial charge in [-0.1, -0.05) is 54.6 Å². The van der Waals surface area contributed by atoms with E-state index in [9.17, 15) is 14.2 Å². The molecule has 1 aliphatic rings. The quantitative estimate of drug-likeness (QED) is 0.204. The van der Waals surface area contributed by atoms with E-state index in [-0.39, 0.29) is 18.8 Å². The van der Waals surface area contributed by atoms with Gasteiger partial charge in [0.25, 0.3) is 0 Å². The Balaban J connectivity index is 1.29. The zero-order valence-electron chi connectivity index (χ0n) is 17.9. The number of benzene rings is 3. The van der Waals surface area contributed by atoms with E-state index in [4.69, 9.17) is 25.0 Å². The van der Waals surface area contributed by atoms with Crippen molar-refractivity contribution >= 4 is 19.9 Å². The Morgan fingerprint density at radius 3 is 2.41 bits per heavy atom. The number of hydrogen-bond donors (Lipinski definition) is 3. The second-order valence-corrected chi connectivity index (χ2v) is 8.94. The second-order valence-electron chi connectivity index (χ2n) is 7.77. The second kappa shape index (κ2) is 9.79. The number of carbonyl (C=O) groups excluding carboxylic acids is 2. The lowest BCUT2D eigenvalue weighted by molar-refractivity contribution is -0.141. The monoisotopic (exact) mass is 483 g/mol. The van der Waals surface area contributed by atoms with Gasteiger partial charge >= 0.3 is 19.9 Å². The summed E-state index contributed by atoms with van der Waals surface area (Å²) in [5, 5.41) is 0. The van der Waals surface area contributed by atoms with Crippen molar-refractivity contribution in [1.82, 2.24) is 0 Å². The van der Waals surface area contributed by atoms with Crippen molar-refractivity contribution in [3.8, 4) is 16.9 Å². The van der Waals surface area contributed by atoms with E-state index in [1.807, 2.05) is 30.3 Å². The SMILES string of the molecule is N[C@@H](Cc1ccc(OP(=O)(O)O)cc1)C(=O)OC(=O)OCc1cccc2c1Cc1ccccc1-2. The molecule has 1 atom stereocenters. The van der Waals surface area contributed by atoms with Gasteiger partial charge in [-0.25, -0.2) is 14.2 Å². The molecule has 0 aromatic heterocycles. The van der Waals surface area contributed by atoms with Gasteiger partial charge in [0.1, 0.15) is 18.4 Å². The fourth-order valence-corrected chi connectivity index (χ4v) is 4.24. The van der Waals surface area contributed by atoms with E-state index in [1.54, 1.807) is 0 Å². The van der Waals surface area contributed by atoms with Crippen molar-refractivity contribution in [3.63, 3.8) is 0 Å². The van der Waals surface area contributed by atoms with Gasteiger partial charge in [-0.3, -0.25) is 9.79 Å². The number of rotatable bonds is 7. The third kappa shape index (κ3) is 5.70. The number of nitrogens with two attached hydrogens (primary N) is 1. The predicted octanol–water partition coefficient (Wildman–Crippen LogP) is 3.48. The van der Waals surface area contributed by atoms with E-state index in [0.717, 1.165) is 28.7 Å². The van der Waals surface area contributed by atoms with Gasteiger partial charge in [0.15, 0.2) is 0 Å².